The molecule has 0 unspecified atom stereocenters. The largest absolute Gasteiger partial charge is 0.465 e. The van der Waals surface area contributed by atoms with Crippen molar-refractivity contribution in [1.82, 2.24) is 0 Å². The van der Waals surface area contributed by atoms with Gasteiger partial charge >= 0.3 is 5.97 Å². The molecule has 4 aliphatic carbocycles. The molecule has 0 radical (unpaired) electrons. The Morgan fingerprint density at radius 3 is 2.04 bits per heavy atom. The molecule has 4 saturated carbocycles. The highest BCUT2D eigenvalue weighted by molar-refractivity contribution is 5.72. The maximum absolute atomic E-state index is 12.1. The van der Waals surface area contributed by atoms with E-state index in [0.29, 0.717) is 12.0 Å². The van der Waals surface area contributed by atoms with Crippen LogP contribution in [0, 0.1) is 22.7 Å². The molecular formula is C21H36O2. The first-order valence-electron chi connectivity index (χ1n) is 10.3. The van der Waals surface area contributed by atoms with Gasteiger partial charge in [-0.15, -0.1) is 0 Å². The summed E-state index contributed by atoms with van der Waals surface area (Å²) in [5.74, 6) is 1.16. The highest BCUT2D eigenvalue weighted by atomic mass is 16.5. The lowest BCUT2D eigenvalue weighted by molar-refractivity contribution is -0.151. The molecule has 132 valence electrons. The zero-order valence-corrected chi connectivity index (χ0v) is 15.4. The van der Waals surface area contributed by atoms with Crippen molar-refractivity contribution in [2.75, 3.05) is 6.61 Å². The normalized spacial score (nSPS) is 40.1. The summed E-state index contributed by atoms with van der Waals surface area (Å²) >= 11 is 0. The van der Waals surface area contributed by atoms with Crippen molar-refractivity contribution in [3.63, 3.8) is 0 Å². The average molecular weight is 321 g/mol. The molecule has 0 atom stereocenters. The Kier molecular flexibility index (Phi) is 5.38. The van der Waals surface area contributed by atoms with Crippen molar-refractivity contribution in [2.45, 2.75) is 97.3 Å². The summed E-state index contributed by atoms with van der Waals surface area (Å²) in [5.41, 5.74) is 1.37. The van der Waals surface area contributed by atoms with Crippen LogP contribution in [0.2, 0.25) is 0 Å². The van der Waals surface area contributed by atoms with Crippen molar-refractivity contribution in [2.24, 2.45) is 22.7 Å². The first kappa shape index (κ1) is 17.3. The third kappa shape index (κ3) is 3.46. The molecule has 0 heterocycles. The lowest BCUT2D eigenvalue weighted by atomic mass is 9.48. The van der Waals surface area contributed by atoms with E-state index >= 15 is 0 Å². The number of hydrogen-bond donors (Lipinski definition) is 0. The molecule has 2 heteroatoms. The SMILES string of the molecule is CCCOC(=O)[C@H]1CC[C@H](C23CCC(CCC)(CC2)CC3)CC1. The van der Waals surface area contributed by atoms with Gasteiger partial charge < -0.3 is 4.74 Å². The van der Waals surface area contributed by atoms with E-state index in [1.54, 1.807) is 0 Å². The van der Waals surface area contributed by atoms with Crippen molar-refractivity contribution in [3.05, 3.63) is 0 Å². The molecule has 4 fully saturated rings. The highest BCUT2D eigenvalue weighted by Crippen LogP contribution is 2.63. The molecule has 4 aliphatic rings. The van der Waals surface area contributed by atoms with Crippen LogP contribution in [-0.4, -0.2) is 12.6 Å². The molecule has 0 aromatic heterocycles. The second kappa shape index (κ2) is 7.15. The zero-order valence-electron chi connectivity index (χ0n) is 15.4. The molecule has 23 heavy (non-hydrogen) atoms. The van der Waals surface area contributed by atoms with Crippen LogP contribution >= 0.6 is 0 Å². The van der Waals surface area contributed by atoms with Crippen LogP contribution in [-0.2, 0) is 9.53 Å². The molecule has 2 bridgehead atoms. The number of carbonyl (C=O) groups is 1. The Morgan fingerprint density at radius 1 is 0.913 bits per heavy atom. The molecular weight excluding hydrogens is 284 g/mol. The topological polar surface area (TPSA) is 26.3 Å². The van der Waals surface area contributed by atoms with Crippen LogP contribution in [0.1, 0.15) is 97.3 Å². The van der Waals surface area contributed by atoms with E-state index in [9.17, 15) is 4.79 Å². The Labute approximate surface area is 142 Å². The maximum Gasteiger partial charge on any atom is 0.308 e. The van der Waals surface area contributed by atoms with E-state index in [1.165, 1.54) is 64.2 Å². The van der Waals surface area contributed by atoms with Crippen molar-refractivity contribution >= 4 is 5.97 Å². The average Bonchev–Trinajstić information content (AvgIpc) is 2.61. The van der Waals surface area contributed by atoms with Gasteiger partial charge in [-0.3, -0.25) is 4.79 Å². The Hall–Kier alpha value is -0.530. The Balaban J connectivity index is 1.52. The Bertz CT molecular complexity index is 382. The summed E-state index contributed by atoms with van der Waals surface area (Å²) < 4.78 is 5.37. The molecule has 2 nitrogen and oxygen atoms in total. The molecule has 0 aliphatic heterocycles. The fourth-order valence-corrected chi connectivity index (χ4v) is 6.07. The molecule has 0 amide bonds. The van der Waals surface area contributed by atoms with E-state index in [-0.39, 0.29) is 11.9 Å². The summed E-state index contributed by atoms with van der Waals surface area (Å²) in [6.07, 6.45) is 17.3. The van der Waals surface area contributed by atoms with Crippen LogP contribution in [0.4, 0.5) is 0 Å². The van der Waals surface area contributed by atoms with Gasteiger partial charge in [0.05, 0.1) is 12.5 Å². The van der Waals surface area contributed by atoms with Crippen molar-refractivity contribution < 1.29 is 9.53 Å². The van der Waals surface area contributed by atoms with E-state index in [4.69, 9.17) is 4.74 Å². The van der Waals surface area contributed by atoms with Crippen LogP contribution in [0.5, 0.6) is 0 Å². The smallest absolute Gasteiger partial charge is 0.308 e. The number of rotatable bonds is 6. The van der Waals surface area contributed by atoms with Crippen LogP contribution in [0.15, 0.2) is 0 Å². The lowest BCUT2D eigenvalue weighted by Gasteiger charge is -2.57. The third-order valence-corrected chi connectivity index (χ3v) is 7.61. The molecule has 0 aromatic rings. The lowest BCUT2D eigenvalue weighted by Crippen LogP contribution is -2.46. The van der Waals surface area contributed by atoms with Crippen LogP contribution in [0.25, 0.3) is 0 Å². The number of ether oxygens (including phenoxy) is 1. The number of carbonyl (C=O) groups excluding carboxylic acids is 1. The third-order valence-electron chi connectivity index (χ3n) is 7.61. The quantitative estimate of drug-likeness (QED) is 0.571. The van der Waals surface area contributed by atoms with Gasteiger partial charge in [0, 0.05) is 0 Å². The highest BCUT2D eigenvalue weighted by Gasteiger charge is 2.51. The number of fused-ring (bicyclic) bond motifs is 3. The van der Waals surface area contributed by atoms with E-state index in [1.807, 2.05) is 0 Å². The monoisotopic (exact) mass is 320 g/mol. The molecule has 4 rings (SSSR count). The predicted molar refractivity (Wildman–Crippen MR) is 94.2 cm³/mol. The second-order valence-corrected chi connectivity index (χ2v) is 8.83. The summed E-state index contributed by atoms with van der Waals surface area (Å²) in [6.45, 7) is 5.01. The molecule has 0 aromatic carbocycles. The molecule has 0 N–H and O–H groups in total. The fraction of sp³-hybridized carbons (Fsp3) is 0.952. The minimum atomic E-state index is 0.0806. The van der Waals surface area contributed by atoms with Crippen molar-refractivity contribution in [3.8, 4) is 0 Å². The minimum absolute atomic E-state index is 0.0806. The van der Waals surface area contributed by atoms with E-state index in [2.05, 4.69) is 13.8 Å². The number of hydrogen-bond acceptors (Lipinski definition) is 2. The first-order chi connectivity index (χ1) is 11.1. The summed E-state index contributed by atoms with van der Waals surface area (Å²) in [6, 6.07) is 0. The van der Waals surface area contributed by atoms with Crippen LogP contribution in [0.3, 0.4) is 0 Å². The van der Waals surface area contributed by atoms with Gasteiger partial charge in [-0.2, -0.15) is 0 Å². The van der Waals surface area contributed by atoms with E-state index in [0.717, 1.165) is 30.6 Å². The van der Waals surface area contributed by atoms with Gasteiger partial charge in [-0.1, -0.05) is 20.3 Å². The second-order valence-electron chi connectivity index (χ2n) is 8.83. The number of esters is 1. The van der Waals surface area contributed by atoms with Gasteiger partial charge in [0.1, 0.15) is 0 Å². The molecule has 0 saturated heterocycles. The Morgan fingerprint density at radius 2 is 1.52 bits per heavy atom. The van der Waals surface area contributed by atoms with Gasteiger partial charge in [-0.05, 0) is 93.8 Å². The molecule has 0 spiro atoms. The summed E-state index contributed by atoms with van der Waals surface area (Å²) in [4.78, 5) is 12.1. The first-order valence-corrected chi connectivity index (χ1v) is 10.3. The predicted octanol–water partition coefficient (Wildman–Crippen LogP) is 5.89. The standard InChI is InChI=1S/C21H36O2/c1-3-9-20-10-13-21(14-11-20,15-12-20)18-7-5-17(6-8-18)19(22)23-16-4-2/h17-18H,3-16H2,1-2H3/t17-,18-,20?,21?. The van der Waals surface area contributed by atoms with Gasteiger partial charge in [0.2, 0.25) is 0 Å². The van der Waals surface area contributed by atoms with Crippen LogP contribution < -0.4 is 0 Å². The zero-order chi connectivity index (χ0) is 16.3. The summed E-state index contributed by atoms with van der Waals surface area (Å²) in [7, 11) is 0. The fourth-order valence-electron chi connectivity index (χ4n) is 6.07. The van der Waals surface area contributed by atoms with Gasteiger partial charge in [-0.25, -0.2) is 0 Å². The minimum Gasteiger partial charge on any atom is -0.465 e. The maximum atomic E-state index is 12.1. The van der Waals surface area contributed by atoms with Crippen molar-refractivity contribution in [1.29, 1.82) is 0 Å². The summed E-state index contributed by atoms with van der Waals surface area (Å²) in [5, 5.41) is 0. The van der Waals surface area contributed by atoms with Gasteiger partial charge in [0.25, 0.3) is 0 Å². The van der Waals surface area contributed by atoms with Gasteiger partial charge in [0.15, 0.2) is 0 Å². The van der Waals surface area contributed by atoms with E-state index < -0.39 is 0 Å².